The number of nitrogens with one attached hydrogen (secondary N) is 1. The van der Waals surface area contributed by atoms with Gasteiger partial charge in [0, 0.05) is 19.3 Å². The van der Waals surface area contributed by atoms with Gasteiger partial charge in [0.1, 0.15) is 0 Å². The van der Waals surface area contributed by atoms with Crippen molar-refractivity contribution in [2.45, 2.75) is 17.4 Å². The molecule has 2 aromatic rings. The van der Waals surface area contributed by atoms with Crippen molar-refractivity contribution in [1.29, 1.82) is 0 Å². The average Bonchev–Trinajstić information content (AvgIpc) is 2.72. The predicted molar refractivity (Wildman–Crippen MR) is 118 cm³/mol. The Morgan fingerprint density at radius 2 is 1.65 bits per heavy atom. The van der Waals surface area contributed by atoms with Crippen LogP contribution >= 0.6 is 12.4 Å². The van der Waals surface area contributed by atoms with E-state index < -0.39 is 33.7 Å². The Morgan fingerprint density at radius 1 is 1.06 bits per heavy atom. The van der Waals surface area contributed by atoms with Gasteiger partial charge in [0.2, 0.25) is 11.8 Å². The first-order chi connectivity index (χ1) is 14.1. The summed E-state index contributed by atoms with van der Waals surface area (Å²) in [4.78, 5) is 36.7. The first kappa shape index (κ1) is 26.1. The van der Waals surface area contributed by atoms with E-state index in [2.05, 4.69) is 5.32 Å². The number of amides is 2. The first-order valence-corrected chi connectivity index (χ1v) is 10.7. The van der Waals surface area contributed by atoms with Crippen molar-refractivity contribution in [2.75, 3.05) is 24.7 Å². The van der Waals surface area contributed by atoms with Crippen LogP contribution in [0.5, 0.6) is 0 Å². The molecule has 0 aliphatic heterocycles. The SMILES string of the molecule is CN(CCS(=O)(=O)c1ccccc1)C(=O)CC(N)C(=O)Nc1ccc(C(=O)O)cc1.Cl. The molecule has 0 fully saturated rings. The monoisotopic (exact) mass is 469 g/mol. The van der Waals surface area contributed by atoms with E-state index in [1.54, 1.807) is 18.2 Å². The molecule has 2 rings (SSSR count). The number of sulfone groups is 1. The fraction of sp³-hybridized carbons (Fsp3) is 0.250. The summed E-state index contributed by atoms with van der Waals surface area (Å²) in [6, 6.07) is 12.3. The summed E-state index contributed by atoms with van der Waals surface area (Å²) >= 11 is 0. The number of carboxylic acid groups (broad SMARTS) is 1. The highest BCUT2D eigenvalue weighted by molar-refractivity contribution is 7.91. The zero-order valence-electron chi connectivity index (χ0n) is 16.7. The summed E-state index contributed by atoms with van der Waals surface area (Å²) < 4.78 is 24.6. The molecule has 0 aliphatic carbocycles. The number of carbonyl (C=O) groups is 3. The summed E-state index contributed by atoms with van der Waals surface area (Å²) in [5.41, 5.74) is 6.19. The van der Waals surface area contributed by atoms with E-state index in [1.165, 1.54) is 48.3 Å². The molecule has 11 heteroatoms. The Hall–Kier alpha value is -2.95. The van der Waals surface area contributed by atoms with Crippen LogP contribution < -0.4 is 11.1 Å². The van der Waals surface area contributed by atoms with Gasteiger partial charge in [0.15, 0.2) is 9.84 Å². The van der Waals surface area contributed by atoms with Gasteiger partial charge in [0.25, 0.3) is 0 Å². The van der Waals surface area contributed by atoms with Gasteiger partial charge in [0.05, 0.1) is 28.7 Å². The maximum Gasteiger partial charge on any atom is 0.335 e. The molecule has 0 aromatic heterocycles. The quantitative estimate of drug-likeness (QED) is 0.502. The summed E-state index contributed by atoms with van der Waals surface area (Å²) in [7, 11) is -2.09. The molecule has 9 nitrogen and oxygen atoms in total. The van der Waals surface area contributed by atoms with Gasteiger partial charge in [-0.15, -0.1) is 12.4 Å². The zero-order chi connectivity index (χ0) is 22.3. The third-order valence-electron chi connectivity index (χ3n) is 4.35. The normalized spacial score (nSPS) is 11.7. The summed E-state index contributed by atoms with van der Waals surface area (Å²) in [5, 5.41) is 11.4. The minimum absolute atomic E-state index is 0. The lowest BCUT2D eigenvalue weighted by Crippen LogP contribution is -2.41. The second kappa shape index (κ2) is 11.4. The van der Waals surface area contributed by atoms with Gasteiger partial charge < -0.3 is 21.1 Å². The Bertz CT molecular complexity index is 1010. The lowest BCUT2D eigenvalue weighted by Gasteiger charge is -2.19. The smallest absolute Gasteiger partial charge is 0.335 e. The lowest BCUT2D eigenvalue weighted by atomic mass is 10.1. The van der Waals surface area contributed by atoms with E-state index in [1.807, 2.05) is 0 Å². The largest absolute Gasteiger partial charge is 0.478 e. The number of carboxylic acids is 1. The maximum atomic E-state index is 12.3. The molecular weight excluding hydrogens is 446 g/mol. The van der Waals surface area contributed by atoms with Crippen molar-refractivity contribution >= 4 is 45.7 Å². The Morgan fingerprint density at radius 3 is 2.19 bits per heavy atom. The van der Waals surface area contributed by atoms with Gasteiger partial charge >= 0.3 is 5.97 Å². The van der Waals surface area contributed by atoms with Crippen molar-refractivity contribution in [3.63, 3.8) is 0 Å². The number of aromatic carboxylic acids is 1. The number of benzene rings is 2. The Kier molecular flexibility index (Phi) is 9.63. The maximum absolute atomic E-state index is 12.3. The number of hydrogen-bond acceptors (Lipinski definition) is 6. The fourth-order valence-corrected chi connectivity index (χ4v) is 3.82. The highest BCUT2D eigenvalue weighted by Crippen LogP contribution is 2.12. The lowest BCUT2D eigenvalue weighted by molar-refractivity contribution is -0.132. The molecule has 1 atom stereocenters. The molecule has 2 aromatic carbocycles. The van der Waals surface area contributed by atoms with E-state index in [9.17, 15) is 22.8 Å². The van der Waals surface area contributed by atoms with Crippen LogP contribution in [-0.2, 0) is 19.4 Å². The molecule has 0 aliphatic rings. The van der Waals surface area contributed by atoms with E-state index in [0.717, 1.165) is 0 Å². The Labute approximate surface area is 186 Å². The van der Waals surface area contributed by atoms with Gasteiger partial charge in [-0.05, 0) is 36.4 Å². The molecule has 0 bridgehead atoms. The van der Waals surface area contributed by atoms with Gasteiger partial charge in [-0.2, -0.15) is 0 Å². The van der Waals surface area contributed by atoms with E-state index in [-0.39, 0.29) is 41.6 Å². The van der Waals surface area contributed by atoms with Crippen LogP contribution in [0.2, 0.25) is 0 Å². The second-order valence-corrected chi connectivity index (χ2v) is 8.74. The van der Waals surface area contributed by atoms with Crippen LogP contribution in [0.15, 0.2) is 59.5 Å². The molecule has 0 heterocycles. The molecular formula is C20H24ClN3O6S. The van der Waals surface area contributed by atoms with Gasteiger partial charge in [-0.1, -0.05) is 18.2 Å². The molecule has 4 N–H and O–H groups in total. The third kappa shape index (κ3) is 7.67. The average molecular weight is 470 g/mol. The van der Waals surface area contributed by atoms with Crippen LogP contribution in [0.3, 0.4) is 0 Å². The number of nitrogens with zero attached hydrogens (tertiary/aromatic N) is 1. The van der Waals surface area contributed by atoms with Crippen molar-refractivity contribution in [3.8, 4) is 0 Å². The van der Waals surface area contributed by atoms with Crippen molar-refractivity contribution in [3.05, 3.63) is 60.2 Å². The number of carbonyl (C=O) groups excluding carboxylic acids is 2. The zero-order valence-corrected chi connectivity index (χ0v) is 18.4. The van der Waals surface area contributed by atoms with Crippen LogP contribution in [0.25, 0.3) is 0 Å². The molecule has 2 amide bonds. The topological polar surface area (TPSA) is 147 Å². The summed E-state index contributed by atoms with van der Waals surface area (Å²) in [6.07, 6.45) is -0.305. The van der Waals surface area contributed by atoms with Gasteiger partial charge in [-0.25, -0.2) is 13.2 Å². The fourth-order valence-electron chi connectivity index (χ4n) is 2.50. The number of rotatable bonds is 9. The summed E-state index contributed by atoms with van der Waals surface area (Å²) in [5.74, 6) is -2.43. The molecule has 0 saturated carbocycles. The molecule has 0 radical (unpaired) electrons. The van der Waals surface area contributed by atoms with Crippen LogP contribution in [0.4, 0.5) is 5.69 Å². The number of nitrogens with two attached hydrogens (primary N) is 1. The van der Waals surface area contributed by atoms with Gasteiger partial charge in [-0.3, -0.25) is 9.59 Å². The van der Waals surface area contributed by atoms with Crippen LogP contribution in [-0.4, -0.2) is 61.6 Å². The van der Waals surface area contributed by atoms with Crippen molar-refractivity contribution in [1.82, 2.24) is 4.90 Å². The predicted octanol–water partition coefficient (Wildman–Crippen LogP) is 1.39. The van der Waals surface area contributed by atoms with Crippen LogP contribution in [0, 0.1) is 0 Å². The van der Waals surface area contributed by atoms with Crippen molar-refractivity contribution in [2.24, 2.45) is 5.73 Å². The number of halogens is 1. The van der Waals surface area contributed by atoms with Crippen LogP contribution in [0.1, 0.15) is 16.8 Å². The molecule has 31 heavy (non-hydrogen) atoms. The van der Waals surface area contributed by atoms with E-state index in [4.69, 9.17) is 10.8 Å². The number of hydrogen-bond donors (Lipinski definition) is 3. The van der Waals surface area contributed by atoms with E-state index in [0.29, 0.717) is 5.69 Å². The minimum Gasteiger partial charge on any atom is -0.478 e. The molecule has 0 spiro atoms. The van der Waals surface area contributed by atoms with E-state index >= 15 is 0 Å². The Balaban J connectivity index is 0.00000480. The standard InChI is InChI=1S/C20H23N3O6S.ClH/c1-23(11-12-30(28,29)16-5-3-2-4-6-16)18(24)13-17(21)19(25)22-15-9-7-14(8-10-15)20(26)27;/h2-10,17H,11-13,21H2,1H3,(H,22,25)(H,26,27);1H. The second-order valence-electron chi connectivity index (χ2n) is 6.63. The number of anilines is 1. The summed E-state index contributed by atoms with van der Waals surface area (Å²) in [6.45, 7) is -0.0406. The molecule has 168 valence electrons. The van der Waals surface area contributed by atoms with Crippen molar-refractivity contribution < 1.29 is 27.9 Å². The highest BCUT2D eigenvalue weighted by atomic mass is 35.5. The highest BCUT2D eigenvalue weighted by Gasteiger charge is 2.22. The third-order valence-corrected chi connectivity index (χ3v) is 6.06. The molecule has 1 unspecified atom stereocenters. The minimum atomic E-state index is -3.53. The molecule has 0 saturated heterocycles. The first-order valence-electron chi connectivity index (χ1n) is 9.02.